The fourth-order valence-electron chi connectivity index (χ4n) is 1.77. The predicted octanol–water partition coefficient (Wildman–Crippen LogP) is 4.12. The van der Waals surface area contributed by atoms with Gasteiger partial charge in [-0.2, -0.15) is 0 Å². The average Bonchev–Trinajstić information content (AvgIpc) is 2.46. The van der Waals surface area contributed by atoms with Gasteiger partial charge in [-0.25, -0.2) is 0 Å². The van der Waals surface area contributed by atoms with Crippen molar-refractivity contribution in [2.24, 2.45) is 0 Å². The molecule has 0 unspecified atom stereocenters. The molecule has 1 N–H and O–H groups in total. The molecule has 0 aliphatic heterocycles. The average molecular weight is 208 g/mol. The predicted molar refractivity (Wildman–Crippen MR) is 62.0 cm³/mol. The van der Waals surface area contributed by atoms with E-state index in [9.17, 15) is 0 Å². The number of hydrogen-bond donors (Lipinski definition) is 1. The van der Waals surface area contributed by atoms with Crippen molar-refractivity contribution >= 4 is 22.5 Å². The lowest BCUT2D eigenvalue weighted by atomic mass is 9.85. The zero-order valence-electron chi connectivity index (χ0n) is 8.69. The van der Waals surface area contributed by atoms with Crippen LogP contribution in [-0.2, 0) is 5.41 Å². The van der Waals surface area contributed by atoms with Gasteiger partial charge in [0.25, 0.3) is 0 Å². The Morgan fingerprint density at radius 1 is 1.21 bits per heavy atom. The molecule has 0 atom stereocenters. The maximum absolute atomic E-state index is 6.15. The highest BCUT2D eigenvalue weighted by molar-refractivity contribution is 6.35. The van der Waals surface area contributed by atoms with Crippen LogP contribution in [-0.4, -0.2) is 4.98 Å². The van der Waals surface area contributed by atoms with Crippen LogP contribution in [0.15, 0.2) is 24.4 Å². The van der Waals surface area contributed by atoms with Crippen LogP contribution >= 0.6 is 11.6 Å². The molecule has 0 saturated carbocycles. The van der Waals surface area contributed by atoms with Gasteiger partial charge in [-0.15, -0.1) is 0 Å². The monoisotopic (exact) mass is 207 g/mol. The number of aromatic amines is 1. The van der Waals surface area contributed by atoms with E-state index in [0.29, 0.717) is 0 Å². The van der Waals surface area contributed by atoms with Crippen LogP contribution in [0, 0.1) is 0 Å². The third-order valence-corrected chi connectivity index (χ3v) is 2.76. The lowest BCUT2D eigenvalue weighted by Gasteiger charge is -2.20. The van der Waals surface area contributed by atoms with Crippen molar-refractivity contribution in [2.75, 3.05) is 0 Å². The highest BCUT2D eigenvalue weighted by atomic mass is 35.5. The molecule has 0 bridgehead atoms. The van der Waals surface area contributed by atoms with E-state index in [1.807, 2.05) is 6.20 Å². The Balaban J connectivity index is 2.82. The highest BCUT2D eigenvalue weighted by Crippen LogP contribution is 2.33. The number of fused-ring (bicyclic) bond motifs is 1. The zero-order valence-corrected chi connectivity index (χ0v) is 9.44. The van der Waals surface area contributed by atoms with Gasteiger partial charge >= 0.3 is 0 Å². The lowest BCUT2D eigenvalue weighted by Crippen LogP contribution is -2.11. The van der Waals surface area contributed by atoms with Gasteiger partial charge in [-0.3, -0.25) is 0 Å². The van der Waals surface area contributed by atoms with Crippen LogP contribution in [0.4, 0.5) is 0 Å². The minimum absolute atomic E-state index is 0.130. The molecule has 2 rings (SSSR count). The van der Waals surface area contributed by atoms with Crippen LogP contribution in [0.5, 0.6) is 0 Å². The van der Waals surface area contributed by atoms with E-state index in [2.05, 4.69) is 44.0 Å². The molecule has 0 saturated heterocycles. The van der Waals surface area contributed by atoms with Gasteiger partial charge in [0, 0.05) is 17.1 Å². The van der Waals surface area contributed by atoms with Gasteiger partial charge in [0.1, 0.15) is 0 Å². The third-order valence-electron chi connectivity index (χ3n) is 2.47. The van der Waals surface area contributed by atoms with Crippen molar-refractivity contribution in [3.8, 4) is 0 Å². The molecule has 0 radical (unpaired) electrons. The molecular weight excluding hydrogens is 194 g/mol. The molecular formula is C12H14ClN. The Labute approximate surface area is 89.1 Å². The molecule has 1 aromatic heterocycles. The Morgan fingerprint density at radius 2 is 1.93 bits per heavy atom. The summed E-state index contributed by atoms with van der Waals surface area (Å²) in [5.41, 5.74) is 2.54. The molecule has 0 aliphatic rings. The minimum Gasteiger partial charge on any atom is -0.360 e. The van der Waals surface area contributed by atoms with Crippen LogP contribution in [0.25, 0.3) is 10.9 Å². The molecule has 0 fully saturated rings. The van der Waals surface area contributed by atoms with Crippen molar-refractivity contribution < 1.29 is 0 Å². The lowest BCUT2D eigenvalue weighted by molar-refractivity contribution is 0.596. The number of aromatic nitrogens is 1. The molecule has 2 aromatic rings. The van der Waals surface area contributed by atoms with Crippen molar-refractivity contribution in [1.29, 1.82) is 0 Å². The number of halogens is 1. The summed E-state index contributed by atoms with van der Waals surface area (Å²) in [6.45, 7) is 6.60. The van der Waals surface area contributed by atoms with Crippen LogP contribution in [0.1, 0.15) is 26.3 Å². The van der Waals surface area contributed by atoms with Gasteiger partial charge < -0.3 is 4.98 Å². The van der Waals surface area contributed by atoms with Crippen LogP contribution in [0.3, 0.4) is 0 Å². The van der Waals surface area contributed by atoms with Crippen molar-refractivity contribution in [1.82, 2.24) is 4.98 Å². The SMILES string of the molecule is CC(C)(C)c1cccc2[nH]cc(Cl)c12. The van der Waals surface area contributed by atoms with Crippen molar-refractivity contribution in [2.45, 2.75) is 26.2 Å². The van der Waals surface area contributed by atoms with Crippen molar-refractivity contribution in [3.63, 3.8) is 0 Å². The topological polar surface area (TPSA) is 15.8 Å². The smallest absolute Gasteiger partial charge is 0.0662 e. The largest absolute Gasteiger partial charge is 0.360 e. The quantitative estimate of drug-likeness (QED) is 0.669. The maximum Gasteiger partial charge on any atom is 0.0662 e. The van der Waals surface area contributed by atoms with Gasteiger partial charge in [0.15, 0.2) is 0 Å². The summed E-state index contributed by atoms with van der Waals surface area (Å²) in [5, 5.41) is 1.96. The second-order valence-corrected chi connectivity index (χ2v) is 5.02. The van der Waals surface area contributed by atoms with Crippen LogP contribution in [0.2, 0.25) is 5.02 Å². The van der Waals surface area contributed by atoms with Crippen LogP contribution < -0.4 is 0 Å². The molecule has 2 heteroatoms. The molecule has 1 nitrogen and oxygen atoms in total. The summed E-state index contributed by atoms with van der Waals surface area (Å²) in [4.78, 5) is 3.17. The summed E-state index contributed by atoms with van der Waals surface area (Å²) in [7, 11) is 0. The number of hydrogen-bond acceptors (Lipinski definition) is 0. The fourth-order valence-corrected chi connectivity index (χ4v) is 2.03. The van der Waals surface area contributed by atoms with E-state index < -0.39 is 0 Å². The molecule has 1 heterocycles. The van der Waals surface area contributed by atoms with Gasteiger partial charge in [0.05, 0.1) is 5.02 Å². The molecule has 74 valence electrons. The first-order valence-corrected chi connectivity index (χ1v) is 5.14. The van der Waals surface area contributed by atoms with E-state index >= 15 is 0 Å². The summed E-state index contributed by atoms with van der Waals surface area (Å²) in [6, 6.07) is 6.26. The number of H-pyrrole nitrogens is 1. The highest BCUT2D eigenvalue weighted by Gasteiger charge is 2.18. The molecule has 0 spiro atoms. The summed E-state index contributed by atoms with van der Waals surface area (Å²) in [6.07, 6.45) is 1.85. The third kappa shape index (κ3) is 1.42. The first kappa shape index (κ1) is 9.60. The number of benzene rings is 1. The second-order valence-electron chi connectivity index (χ2n) is 4.61. The molecule has 0 amide bonds. The standard InChI is InChI=1S/C12H14ClN/c1-12(2,3)8-5-4-6-10-11(8)9(13)7-14-10/h4-7,14H,1-3H3. The van der Waals surface area contributed by atoms with E-state index in [4.69, 9.17) is 11.6 Å². The maximum atomic E-state index is 6.15. The normalized spacial score (nSPS) is 12.3. The van der Waals surface area contributed by atoms with Gasteiger partial charge in [0.2, 0.25) is 0 Å². The molecule has 14 heavy (non-hydrogen) atoms. The van der Waals surface area contributed by atoms with Gasteiger partial charge in [-0.05, 0) is 17.0 Å². The van der Waals surface area contributed by atoms with E-state index in [0.717, 1.165) is 15.9 Å². The Morgan fingerprint density at radius 3 is 2.57 bits per heavy atom. The van der Waals surface area contributed by atoms with E-state index in [1.54, 1.807) is 0 Å². The van der Waals surface area contributed by atoms with E-state index in [1.165, 1.54) is 5.56 Å². The number of rotatable bonds is 0. The summed E-state index contributed by atoms with van der Waals surface area (Å²) < 4.78 is 0. The first-order valence-electron chi connectivity index (χ1n) is 4.76. The Kier molecular flexibility index (Phi) is 2.07. The zero-order chi connectivity index (χ0) is 10.3. The first-order chi connectivity index (χ1) is 6.50. The molecule has 1 aromatic carbocycles. The van der Waals surface area contributed by atoms with E-state index in [-0.39, 0.29) is 5.41 Å². The summed E-state index contributed by atoms with van der Waals surface area (Å²) in [5.74, 6) is 0. The second kappa shape index (κ2) is 3.03. The van der Waals surface area contributed by atoms with Gasteiger partial charge in [-0.1, -0.05) is 44.5 Å². The summed E-state index contributed by atoms with van der Waals surface area (Å²) >= 11 is 6.15. The number of nitrogens with one attached hydrogen (secondary N) is 1. The van der Waals surface area contributed by atoms with Crippen molar-refractivity contribution in [3.05, 3.63) is 35.0 Å². The minimum atomic E-state index is 0.130. The fraction of sp³-hybridized carbons (Fsp3) is 0.333. The molecule has 0 aliphatic carbocycles. The Bertz CT molecular complexity index is 463. The Hall–Kier alpha value is -0.950.